The van der Waals surface area contributed by atoms with Gasteiger partial charge in [0, 0.05) is 54.8 Å². The van der Waals surface area contributed by atoms with Gasteiger partial charge in [-0.15, -0.1) is 0 Å². The lowest BCUT2D eigenvalue weighted by molar-refractivity contribution is 0.238. The van der Waals surface area contributed by atoms with Gasteiger partial charge in [0.1, 0.15) is 0 Å². The van der Waals surface area contributed by atoms with Gasteiger partial charge >= 0.3 is 0 Å². The van der Waals surface area contributed by atoms with Crippen molar-refractivity contribution in [1.29, 1.82) is 0 Å². The molecule has 2 aromatic carbocycles. The first-order valence-electron chi connectivity index (χ1n) is 9.54. The summed E-state index contributed by atoms with van der Waals surface area (Å²) in [5, 5.41) is 5.61. The number of aryl methyl sites for hydroxylation is 1. The molecule has 4 rings (SSSR count). The molecule has 0 spiro atoms. The van der Waals surface area contributed by atoms with Crippen LogP contribution < -0.4 is 5.32 Å². The molecule has 26 heavy (non-hydrogen) atoms. The molecule has 2 heterocycles. The Kier molecular flexibility index (Phi) is 5.59. The number of hydrogen-bond donors (Lipinski definition) is 1. The van der Waals surface area contributed by atoms with Crippen LogP contribution in [0.4, 0.5) is 0 Å². The summed E-state index contributed by atoms with van der Waals surface area (Å²) in [5.74, 6) is 0. The lowest BCUT2D eigenvalue weighted by Crippen LogP contribution is -2.43. The van der Waals surface area contributed by atoms with E-state index >= 15 is 0 Å². The van der Waals surface area contributed by atoms with Crippen LogP contribution in [0, 0.1) is 0 Å². The largest absolute Gasteiger partial charge is 0.343 e. The lowest BCUT2D eigenvalue weighted by Gasteiger charge is -2.26. The molecule has 0 atom stereocenters. The molecule has 1 saturated heterocycles. The number of rotatable bonds is 6. The molecule has 3 nitrogen and oxygen atoms in total. The zero-order valence-corrected chi connectivity index (χ0v) is 15.9. The van der Waals surface area contributed by atoms with Crippen LogP contribution in [0.5, 0.6) is 0 Å². The Hall–Kier alpha value is -1.81. The zero-order valence-electron chi connectivity index (χ0n) is 15.1. The van der Waals surface area contributed by atoms with Gasteiger partial charge in [0.25, 0.3) is 0 Å². The van der Waals surface area contributed by atoms with Crippen molar-refractivity contribution in [2.24, 2.45) is 0 Å². The molecule has 0 unspecified atom stereocenters. The van der Waals surface area contributed by atoms with E-state index in [-0.39, 0.29) is 0 Å². The highest BCUT2D eigenvalue weighted by Crippen LogP contribution is 2.24. The Labute approximate surface area is 160 Å². The van der Waals surface area contributed by atoms with E-state index in [0.717, 1.165) is 31.1 Å². The number of nitrogens with one attached hydrogen (secondary N) is 1. The fraction of sp³-hybridized carbons (Fsp3) is 0.364. The number of piperazine rings is 1. The Morgan fingerprint density at radius 2 is 1.73 bits per heavy atom. The molecular weight excluding hydrogens is 342 g/mol. The average molecular weight is 368 g/mol. The number of para-hydroxylation sites is 1. The zero-order chi connectivity index (χ0) is 17.8. The standard InChI is InChI=1S/C22H26ClN3/c23-20-9-7-18(8-10-20)16-26-17-19(21-5-1-2-6-22(21)26)4-3-13-25-14-11-24-12-15-25/h1-2,5-10,17,24H,3-4,11-16H2. The van der Waals surface area contributed by atoms with Crippen LogP contribution in [-0.2, 0) is 13.0 Å². The fourth-order valence-electron chi connectivity index (χ4n) is 3.87. The molecule has 1 aliphatic heterocycles. The summed E-state index contributed by atoms with van der Waals surface area (Å²) in [6, 6.07) is 16.9. The first-order chi connectivity index (χ1) is 12.8. The number of aromatic nitrogens is 1. The molecule has 1 fully saturated rings. The number of hydrogen-bond acceptors (Lipinski definition) is 2. The SMILES string of the molecule is Clc1ccc(Cn2cc(CCCN3CCNCC3)c3ccccc32)cc1. The maximum atomic E-state index is 6.02. The van der Waals surface area contributed by atoms with Gasteiger partial charge in [0.15, 0.2) is 0 Å². The van der Waals surface area contributed by atoms with Gasteiger partial charge in [0.05, 0.1) is 0 Å². The van der Waals surface area contributed by atoms with Crippen molar-refractivity contribution in [3.8, 4) is 0 Å². The molecule has 1 aromatic heterocycles. The second-order valence-corrected chi connectivity index (χ2v) is 7.56. The Balaban J connectivity index is 1.49. The van der Waals surface area contributed by atoms with Crippen LogP contribution in [0.15, 0.2) is 54.7 Å². The Morgan fingerprint density at radius 1 is 0.962 bits per heavy atom. The summed E-state index contributed by atoms with van der Waals surface area (Å²) >= 11 is 6.02. The normalized spacial score (nSPS) is 15.6. The smallest absolute Gasteiger partial charge is 0.0486 e. The summed E-state index contributed by atoms with van der Waals surface area (Å²) < 4.78 is 2.37. The summed E-state index contributed by atoms with van der Waals surface area (Å²) in [5.41, 5.74) is 4.06. The predicted octanol–water partition coefficient (Wildman–Crippen LogP) is 4.18. The van der Waals surface area contributed by atoms with E-state index in [0.29, 0.717) is 0 Å². The van der Waals surface area contributed by atoms with E-state index in [2.05, 4.69) is 57.4 Å². The van der Waals surface area contributed by atoms with Gasteiger partial charge < -0.3 is 14.8 Å². The Morgan fingerprint density at radius 3 is 2.54 bits per heavy atom. The minimum atomic E-state index is 0.791. The van der Waals surface area contributed by atoms with Gasteiger partial charge in [-0.1, -0.05) is 41.9 Å². The maximum absolute atomic E-state index is 6.02. The number of halogens is 1. The van der Waals surface area contributed by atoms with Gasteiger partial charge in [-0.3, -0.25) is 0 Å². The third-order valence-electron chi connectivity index (χ3n) is 5.27. The van der Waals surface area contributed by atoms with E-state index < -0.39 is 0 Å². The maximum Gasteiger partial charge on any atom is 0.0486 e. The molecule has 1 N–H and O–H groups in total. The van der Waals surface area contributed by atoms with E-state index in [9.17, 15) is 0 Å². The molecule has 3 aromatic rings. The highest BCUT2D eigenvalue weighted by Gasteiger charge is 2.11. The molecule has 0 amide bonds. The molecule has 0 aliphatic carbocycles. The highest BCUT2D eigenvalue weighted by atomic mass is 35.5. The van der Waals surface area contributed by atoms with Crippen LogP contribution >= 0.6 is 11.6 Å². The topological polar surface area (TPSA) is 20.2 Å². The first kappa shape index (κ1) is 17.6. The summed E-state index contributed by atoms with van der Waals surface area (Å²) in [6.45, 7) is 6.69. The fourth-order valence-corrected chi connectivity index (χ4v) is 3.99. The van der Waals surface area contributed by atoms with Gasteiger partial charge in [-0.2, -0.15) is 0 Å². The van der Waals surface area contributed by atoms with Crippen molar-refractivity contribution in [2.75, 3.05) is 32.7 Å². The van der Waals surface area contributed by atoms with E-state index in [1.807, 2.05) is 12.1 Å². The Bertz CT molecular complexity index is 847. The van der Waals surface area contributed by atoms with Crippen LogP contribution in [0.3, 0.4) is 0 Å². The van der Waals surface area contributed by atoms with Gasteiger partial charge in [0.2, 0.25) is 0 Å². The van der Waals surface area contributed by atoms with Crippen LogP contribution in [0.25, 0.3) is 10.9 Å². The number of benzene rings is 2. The van der Waals surface area contributed by atoms with Crippen molar-refractivity contribution in [3.05, 3.63) is 70.9 Å². The van der Waals surface area contributed by atoms with E-state index in [4.69, 9.17) is 11.6 Å². The number of nitrogens with zero attached hydrogens (tertiary/aromatic N) is 2. The number of fused-ring (bicyclic) bond motifs is 1. The summed E-state index contributed by atoms with van der Waals surface area (Å²) in [6.07, 6.45) is 4.70. The molecule has 4 heteroatoms. The molecular formula is C22H26ClN3. The molecule has 0 saturated carbocycles. The van der Waals surface area contributed by atoms with Crippen molar-refractivity contribution in [2.45, 2.75) is 19.4 Å². The molecule has 0 radical (unpaired) electrons. The molecule has 1 aliphatic rings. The second-order valence-electron chi connectivity index (χ2n) is 7.12. The third kappa shape index (κ3) is 4.12. The van der Waals surface area contributed by atoms with Crippen molar-refractivity contribution in [1.82, 2.24) is 14.8 Å². The minimum absolute atomic E-state index is 0.791. The van der Waals surface area contributed by atoms with E-state index in [1.165, 1.54) is 48.1 Å². The van der Waals surface area contributed by atoms with Crippen molar-refractivity contribution >= 4 is 22.5 Å². The summed E-state index contributed by atoms with van der Waals surface area (Å²) in [4.78, 5) is 2.57. The van der Waals surface area contributed by atoms with Gasteiger partial charge in [-0.05, 0) is 48.7 Å². The molecule has 136 valence electrons. The molecule has 0 bridgehead atoms. The minimum Gasteiger partial charge on any atom is -0.343 e. The van der Waals surface area contributed by atoms with Crippen LogP contribution in [0.2, 0.25) is 5.02 Å². The van der Waals surface area contributed by atoms with Crippen molar-refractivity contribution in [3.63, 3.8) is 0 Å². The monoisotopic (exact) mass is 367 g/mol. The summed E-state index contributed by atoms with van der Waals surface area (Å²) in [7, 11) is 0. The quantitative estimate of drug-likeness (QED) is 0.705. The van der Waals surface area contributed by atoms with Gasteiger partial charge in [-0.25, -0.2) is 0 Å². The third-order valence-corrected chi connectivity index (χ3v) is 5.52. The first-order valence-corrected chi connectivity index (χ1v) is 9.92. The lowest BCUT2D eigenvalue weighted by atomic mass is 10.1. The van der Waals surface area contributed by atoms with Crippen molar-refractivity contribution < 1.29 is 0 Å². The van der Waals surface area contributed by atoms with Crippen LogP contribution in [-0.4, -0.2) is 42.2 Å². The van der Waals surface area contributed by atoms with E-state index in [1.54, 1.807) is 0 Å². The average Bonchev–Trinajstić information content (AvgIpc) is 3.02. The van der Waals surface area contributed by atoms with Crippen LogP contribution in [0.1, 0.15) is 17.5 Å². The highest BCUT2D eigenvalue weighted by molar-refractivity contribution is 6.30. The second kappa shape index (κ2) is 8.26. The predicted molar refractivity (Wildman–Crippen MR) is 110 cm³/mol.